The summed E-state index contributed by atoms with van der Waals surface area (Å²) in [6, 6.07) is 0. The molecular formula is C14H27N3. The Morgan fingerprint density at radius 1 is 1.29 bits per heavy atom. The average molecular weight is 237 g/mol. The maximum atomic E-state index is 4.59. The predicted octanol–water partition coefficient (Wildman–Crippen LogP) is 2.70. The number of guanidine groups is 1. The molecule has 0 spiro atoms. The lowest BCUT2D eigenvalue weighted by Gasteiger charge is -2.20. The molecule has 1 aliphatic rings. The highest BCUT2D eigenvalue weighted by Crippen LogP contribution is 2.25. The Balaban J connectivity index is 2.23. The quantitative estimate of drug-likeness (QED) is 0.423. The Morgan fingerprint density at radius 3 is 2.71 bits per heavy atom. The summed E-state index contributed by atoms with van der Waals surface area (Å²) in [6.07, 6.45) is 10.2. The van der Waals surface area contributed by atoms with Gasteiger partial charge in [-0.25, -0.2) is 0 Å². The summed E-state index contributed by atoms with van der Waals surface area (Å²) in [6.45, 7) is 8.41. The number of nitrogens with zero attached hydrogens (tertiary/aromatic N) is 1. The fourth-order valence-electron chi connectivity index (χ4n) is 2.35. The van der Waals surface area contributed by atoms with E-state index in [1.54, 1.807) is 0 Å². The van der Waals surface area contributed by atoms with Crippen molar-refractivity contribution in [1.82, 2.24) is 10.6 Å². The molecule has 0 radical (unpaired) electrons. The van der Waals surface area contributed by atoms with Crippen LogP contribution < -0.4 is 10.6 Å². The largest absolute Gasteiger partial charge is 0.357 e. The zero-order chi connectivity index (χ0) is 12.3. The van der Waals surface area contributed by atoms with Crippen LogP contribution in [0.4, 0.5) is 0 Å². The van der Waals surface area contributed by atoms with Crippen LogP contribution in [-0.4, -0.2) is 25.6 Å². The molecule has 0 unspecified atom stereocenters. The molecule has 0 aromatic rings. The Morgan fingerprint density at radius 2 is 2.06 bits per heavy atom. The third kappa shape index (κ3) is 6.35. The Kier molecular flexibility index (Phi) is 7.52. The van der Waals surface area contributed by atoms with Gasteiger partial charge >= 0.3 is 0 Å². The molecule has 0 amide bonds. The second kappa shape index (κ2) is 9.08. The number of nitrogens with one attached hydrogen (secondary N) is 2. The molecule has 0 aromatic heterocycles. The monoisotopic (exact) mass is 237 g/mol. The van der Waals surface area contributed by atoms with Crippen LogP contribution in [0.1, 0.15) is 45.4 Å². The van der Waals surface area contributed by atoms with E-state index in [9.17, 15) is 0 Å². The van der Waals surface area contributed by atoms with Gasteiger partial charge in [-0.2, -0.15) is 0 Å². The van der Waals surface area contributed by atoms with Crippen molar-refractivity contribution in [3.05, 3.63) is 12.7 Å². The van der Waals surface area contributed by atoms with Gasteiger partial charge in [0.05, 0.1) is 0 Å². The highest BCUT2D eigenvalue weighted by atomic mass is 15.2. The van der Waals surface area contributed by atoms with Crippen molar-refractivity contribution in [3.63, 3.8) is 0 Å². The van der Waals surface area contributed by atoms with Crippen LogP contribution in [0, 0.1) is 5.92 Å². The molecule has 3 heteroatoms. The summed E-state index contributed by atoms with van der Waals surface area (Å²) in [4.78, 5) is 4.59. The van der Waals surface area contributed by atoms with Crippen LogP contribution in [0.2, 0.25) is 0 Å². The van der Waals surface area contributed by atoms with Crippen LogP contribution in [0.3, 0.4) is 0 Å². The molecule has 0 aliphatic heterocycles. The van der Waals surface area contributed by atoms with Gasteiger partial charge in [0, 0.05) is 19.6 Å². The fraction of sp³-hybridized carbons (Fsp3) is 0.786. The SMILES string of the molecule is C=CCNC(=NCCC1CCCCC1)NCC. The standard InChI is InChI=1S/C14H27N3/c1-3-11-16-14(15-4-2)17-12-10-13-8-6-5-7-9-13/h3,13H,1,4-12H2,2H3,(H2,15,16,17). The fourth-order valence-corrected chi connectivity index (χ4v) is 2.35. The molecule has 98 valence electrons. The van der Waals surface area contributed by atoms with E-state index in [2.05, 4.69) is 29.1 Å². The van der Waals surface area contributed by atoms with Gasteiger partial charge in [-0.15, -0.1) is 6.58 Å². The summed E-state index contributed by atoms with van der Waals surface area (Å²) >= 11 is 0. The van der Waals surface area contributed by atoms with Crippen LogP contribution >= 0.6 is 0 Å². The molecule has 17 heavy (non-hydrogen) atoms. The van der Waals surface area contributed by atoms with Gasteiger partial charge in [0.1, 0.15) is 0 Å². The van der Waals surface area contributed by atoms with Crippen molar-refractivity contribution >= 4 is 5.96 Å². The normalized spacial score (nSPS) is 17.8. The summed E-state index contributed by atoms with van der Waals surface area (Å²) in [5.41, 5.74) is 0. The van der Waals surface area contributed by atoms with Crippen molar-refractivity contribution in [1.29, 1.82) is 0 Å². The lowest BCUT2D eigenvalue weighted by atomic mass is 9.87. The first-order valence-electron chi connectivity index (χ1n) is 7.00. The van der Waals surface area contributed by atoms with E-state index < -0.39 is 0 Å². The first-order valence-corrected chi connectivity index (χ1v) is 7.00. The molecule has 1 aliphatic carbocycles. The average Bonchev–Trinajstić information content (AvgIpc) is 2.37. The number of aliphatic imine (C=N–C) groups is 1. The number of hydrogen-bond acceptors (Lipinski definition) is 1. The lowest BCUT2D eigenvalue weighted by Crippen LogP contribution is -2.37. The lowest BCUT2D eigenvalue weighted by molar-refractivity contribution is 0.343. The molecule has 3 nitrogen and oxygen atoms in total. The van der Waals surface area contributed by atoms with Crippen LogP contribution in [0.15, 0.2) is 17.6 Å². The van der Waals surface area contributed by atoms with Gasteiger partial charge in [0.15, 0.2) is 5.96 Å². The van der Waals surface area contributed by atoms with Gasteiger partial charge in [-0.1, -0.05) is 38.2 Å². The van der Waals surface area contributed by atoms with E-state index in [-0.39, 0.29) is 0 Å². The third-order valence-electron chi connectivity index (χ3n) is 3.29. The predicted molar refractivity (Wildman–Crippen MR) is 75.4 cm³/mol. The molecule has 0 atom stereocenters. The van der Waals surface area contributed by atoms with Gasteiger partial charge in [0.2, 0.25) is 0 Å². The van der Waals surface area contributed by atoms with Crippen molar-refractivity contribution in [2.45, 2.75) is 45.4 Å². The summed E-state index contributed by atoms with van der Waals surface area (Å²) in [7, 11) is 0. The van der Waals surface area contributed by atoms with E-state index in [1.165, 1.54) is 38.5 Å². The highest BCUT2D eigenvalue weighted by Gasteiger charge is 2.12. The smallest absolute Gasteiger partial charge is 0.191 e. The zero-order valence-corrected chi connectivity index (χ0v) is 11.2. The minimum absolute atomic E-state index is 0.773. The molecule has 0 bridgehead atoms. The van der Waals surface area contributed by atoms with E-state index in [0.29, 0.717) is 0 Å². The number of hydrogen-bond donors (Lipinski definition) is 2. The van der Waals surface area contributed by atoms with Crippen molar-refractivity contribution in [2.24, 2.45) is 10.9 Å². The van der Waals surface area contributed by atoms with Crippen molar-refractivity contribution in [3.8, 4) is 0 Å². The molecule has 1 fully saturated rings. The van der Waals surface area contributed by atoms with Gasteiger partial charge in [-0.05, 0) is 19.3 Å². The second-order valence-corrected chi connectivity index (χ2v) is 4.72. The second-order valence-electron chi connectivity index (χ2n) is 4.72. The van der Waals surface area contributed by atoms with Gasteiger partial charge in [0.25, 0.3) is 0 Å². The molecule has 0 heterocycles. The van der Waals surface area contributed by atoms with E-state index in [0.717, 1.165) is 31.5 Å². The minimum Gasteiger partial charge on any atom is -0.357 e. The highest BCUT2D eigenvalue weighted by molar-refractivity contribution is 5.79. The zero-order valence-electron chi connectivity index (χ0n) is 11.2. The molecule has 0 saturated heterocycles. The first-order chi connectivity index (χ1) is 8.36. The molecule has 2 N–H and O–H groups in total. The summed E-state index contributed by atoms with van der Waals surface area (Å²) in [5.74, 6) is 1.83. The van der Waals surface area contributed by atoms with Gasteiger partial charge < -0.3 is 10.6 Å². The van der Waals surface area contributed by atoms with Crippen molar-refractivity contribution in [2.75, 3.05) is 19.6 Å². The van der Waals surface area contributed by atoms with Gasteiger partial charge in [-0.3, -0.25) is 4.99 Å². The Hall–Kier alpha value is -0.990. The maximum Gasteiger partial charge on any atom is 0.191 e. The Bertz CT molecular complexity index is 230. The van der Waals surface area contributed by atoms with Crippen LogP contribution in [-0.2, 0) is 0 Å². The maximum absolute atomic E-state index is 4.59. The summed E-state index contributed by atoms with van der Waals surface area (Å²) < 4.78 is 0. The van der Waals surface area contributed by atoms with Crippen LogP contribution in [0.25, 0.3) is 0 Å². The topological polar surface area (TPSA) is 36.4 Å². The minimum atomic E-state index is 0.773. The molecule has 1 rings (SSSR count). The molecule has 0 aromatic carbocycles. The summed E-state index contributed by atoms with van der Waals surface area (Å²) in [5, 5.41) is 6.48. The Labute approximate surface area is 106 Å². The van der Waals surface area contributed by atoms with Crippen molar-refractivity contribution < 1.29 is 0 Å². The molecular weight excluding hydrogens is 210 g/mol. The van der Waals surface area contributed by atoms with E-state index in [4.69, 9.17) is 0 Å². The van der Waals surface area contributed by atoms with E-state index in [1.807, 2.05) is 6.08 Å². The van der Waals surface area contributed by atoms with Crippen LogP contribution in [0.5, 0.6) is 0 Å². The number of rotatable bonds is 6. The first kappa shape index (κ1) is 14.1. The third-order valence-corrected chi connectivity index (χ3v) is 3.29. The molecule has 1 saturated carbocycles. The van der Waals surface area contributed by atoms with E-state index >= 15 is 0 Å².